The van der Waals surface area contributed by atoms with Gasteiger partial charge in [-0.05, 0) is 53.9 Å². The summed E-state index contributed by atoms with van der Waals surface area (Å²) in [5.74, 6) is -2.45. The quantitative estimate of drug-likeness (QED) is 0.476. The number of sulfone groups is 1. The predicted molar refractivity (Wildman–Crippen MR) is 133 cm³/mol. The zero-order chi connectivity index (χ0) is 25.9. The van der Waals surface area contributed by atoms with Crippen molar-refractivity contribution in [2.75, 3.05) is 26.2 Å². The van der Waals surface area contributed by atoms with Gasteiger partial charge in [0.25, 0.3) is 17.7 Å². The minimum absolute atomic E-state index is 0.0649. The summed E-state index contributed by atoms with van der Waals surface area (Å²) in [5.41, 5.74) is 0.405. The summed E-state index contributed by atoms with van der Waals surface area (Å²) < 4.78 is 40.1. The van der Waals surface area contributed by atoms with Gasteiger partial charge in [-0.15, -0.1) is 11.3 Å². The number of hydrogen-bond acceptors (Lipinski definition) is 6. The molecule has 1 aliphatic rings. The fourth-order valence-corrected chi connectivity index (χ4v) is 6.01. The average Bonchev–Trinajstić information content (AvgIpc) is 3.42. The molecule has 8 nitrogen and oxygen atoms in total. The van der Waals surface area contributed by atoms with Gasteiger partial charge in [-0.2, -0.15) is 0 Å². The minimum Gasteiger partial charge on any atom is -0.336 e. The van der Waals surface area contributed by atoms with Crippen molar-refractivity contribution in [1.29, 1.82) is 0 Å². The molecule has 3 aromatic rings. The molecule has 1 fully saturated rings. The van der Waals surface area contributed by atoms with Crippen molar-refractivity contribution in [2.45, 2.75) is 10.3 Å². The van der Waals surface area contributed by atoms with E-state index in [0.717, 1.165) is 35.6 Å². The number of nitrogens with one attached hydrogen (secondary N) is 1. The summed E-state index contributed by atoms with van der Waals surface area (Å²) in [5, 5.41) is 2.49. The van der Waals surface area contributed by atoms with Crippen LogP contribution >= 0.6 is 22.9 Å². The van der Waals surface area contributed by atoms with Gasteiger partial charge in [-0.25, -0.2) is 12.8 Å². The molecule has 12 heteroatoms. The highest BCUT2D eigenvalue weighted by Gasteiger charge is 2.39. The van der Waals surface area contributed by atoms with E-state index in [2.05, 4.69) is 5.32 Å². The molecule has 0 aliphatic carbocycles. The number of rotatable bonds is 6. The molecular weight excluding hydrogens is 529 g/mol. The maximum absolute atomic E-state index is 13.4. The Balaban J connectivity index is 1.53. The van der Waals surface area contributed by atoms with E-state index in [1.807, 2.05) is 0 Å². The number of thiophene rings is 1. The van der Waals surface area contributed by atoms with Crippen LogP contribution in [0.4, 0.5) is 4.39 Å². The van der Waals surface area contributed by atoms with Gasteiger partial charge in [0, 0.05) is 36.8 Å². The van der Waals surface area contributed by atoms with Gasteiger partial charge in [0.1, 0.15) is 5.82 Å². The van der Waals surface area contributed by atoms with Crippen molar-refractivity contribution in [3.05, 3.63) is 87.3 Å². The molecule has 1 aromatic heterocycles. The van der Waals surface area contributed by atoms with Crippen LogP contribution in [0.2, 0.25) is 5.02 Å². The summed E-state index contributed by atoms with van der Waals surface area (Å²) in [4.78, 5) is 41.7. The lowest BCUT2D eigenvalue weighted by Gasteiger charge is -2.36. The first-order valence-electron chi connectivity index (χ1n) is 10.8. The molecular formula is C24H21ClFN3O5S2. The Kier molecular flexibility index (Phi) is 7.72. The average molecular weight is 550 g/mol. The minimum atomic E-state index is -4.41. The first-order chi connectivity index (χ1) is 17.2. The van der Waals surface area contributed by atoms with Crippen LogP contribution in [0, 0.1) is 5.82 Å². The molecule has 0 spiro atoms. The van der Waals surface area contributed by atoms with E-state index in [9.17, 15) is 27.2 Å². The molecule has 2 aromatic carbocycles. The largest absolute Gasteiger partial charge is 0.336 e. The number of piperazine rings is 1. The van der Waals surface area contributed by atoms with E-state index in [0.29, 0.717) is 10.6 Å². The molecule has 3 amide bonds. The van der Waals surface area contributed by atoms with Crippen molar-refractivity contribution in [3.63, 3.8) is 0 Å². The Hall–Kier alpha value is -3.28. The highest BCUT2D eigenvalue weighted by Crippen LogP contribution is 2.20. The molecule has 2 heterocycles. The van der Waals surface area contributed by atoms with Crippen molar-refractivity contribution in [3.8, 4) is 0 Å². The molecule has 0 radical (unpaired) electrons. The molecule has 1 aliphatic heterocycles. The maximum atomic E-state index is 13.4. The monoisotopic (exact) mass is 549 g/mol. The number of hydrogen-bond donors (Lipinski definition) is 1. The summed E-state index contributed by atoms with van der Waals surface area (Å²) in [6.45, 7) is 0.462. The highest BCUT2D eigenvalue weighted by molar-refractivity contribution is 7.92. The molecule has 188 valence electrons. The number of carbonyl (C=O) groups is 3. The molecule has 1 saturated heterocycles. The Bertz CT molecular complexity index is 1370. The van der Waals surface area contributed by atoms with E-state index in [1.165, 1.54) is 11.0 Å². The third kappa shape index (κ3) is 5.58. The second-order valence-electron chi connectivity index (χ2n) is 7.96. The van der Waals surface area contributed by atoms with Gasteiger partial charge in [0.15, 0.2) is 0 Å². The Morgan fingerprint density at radius 2 is 1.61 bits per heavy atom. The summed E-state index contributed by atoms with van der Waals surface area (Å²) in [6, 6.07) is 13.7. The molecule has 36 heavy (non-hydrogen) atoms. The summed E-state index contributed by atoms with van der Waals surface area (Å²) >= 11 is 7.07. The number of amides is 3. The summed E-state index contributed by atoms with van der Waals surface area (Å²) in [7, 11) is -4.41. The van der Waals surface area contributed by atoms with E-state index in [1.54, 1.807) is 40.6 Å². The van der Waals surface area contributed by atoms with Crippen molar-refractivity contribution in [2.24, 2.45) is 0 Å². The highest BCUT2D eigenvalue weighted by atomic mass is 35.5. The lowest BCUT2D eigenvalue weighted by molar-refractivity contribution is -0.132. The Morgan fingerprint density at radius 3 is 2.22 bits per heavy atom. The summed E-state index contributed by atoms with van der Waals surface area (Å²) in [6.07, 6.45) is 0. The first-order valence-corrected chi connectivity index (χ1v) is 13.6. The second-order valence-corrected chi connectivity index (χ2v) is 11.4. The van der Waals surface area contributed by atoms with Crippen molar-refractivity contribution < 1.29 is 27.2 Å². The lowest BCUT2D eigenvalue weighted by atomic mass is 10.2. The van der Waals surface area contributed by atoms with E-state index >= 15 is 0 Å². The van der Waals surface area contributed by atoms with Crippen LogP contribution in [0.5, 0.6) is 0 Å². The van der Waals surface area contributed by atoms with Gasteiger partial charge < -0.3 is 15.1 Å². The van der Waals surface area contributed by atoms with Gasteiger partial charge in [0.2, 0.25) is 15.2 Å². The van der Waals surface area contributed by atoms with Gasteiger partial charge in [-0.1, -0.05) is 23.7 Å². The Morgan fingerprint density at radius 1 is 0.944 bits per heavy atom. The van der Waals surface area contributed by atoms with E-state index in [4.69, 9.17) is 11.6 Å². The molecule has 1 atom stereocenters. The van der Waals surface area contributed by atoms with E-state index < -0.39 is 32.8 Å². The number of carbonyl (C=O) groups excluding carboxylic acids is 3. The van der Waals surface area contributed by atoms with Gasteiger partial charge in [-0.3, -0.25) is 14.4 Å². The van der Waals surface area contributed by atoms with Crippen LogP contribution in [-0.4, -0.2) is 67.5 Å². The first kappa shape index (κ1) is 25.8. The molecule has 0 saturated carbocycles. The number of benzene rings is 2. The fraction of sp³-hybridized carbons (Fsp3) is 0.208. The lowest BCUT2D eigenvalue weighted by Crippen LogP contribution is -2.57. The Labute approximate surface area is 216 Å². The number of halogens is 2. The van der Waals surface area contributed by atoms with E-state index in [-0.39, 0.29) is 41.9 Å². The standard InChI is InChI=1S/C24H21ClFN3O5S2/c25-17-4-1-3-16(15-17)23(31)28-10-12-29(13-11-28)24(32)22(27-21(30)20-5-2-14-35-20)36(33,34)19-8-6-18(26)7-9-19/h1-9,14-15,22H,10-13H2,(H,27,30)/t22-/m0/s1. The van der Waals surface area contributed by atoms with Crippen LogP contribution in [-0.2, 0) is 14.6 Å². The smallest absolute Gasteiger partial charge is 0.262 e. The van der Waals surface area contributed by atoms with Crippen LogP contribution in [0.1, 0.15) is 20.0 Å². The zero-order valence-electron chi connectivity index (χ0n) is 18.8. The van der Waals surface area contributed by atoms with Gasteiger partial charge >= 0.3 is 0 Å². The molecule has 0 unspecified atom stereocenters. The van der Waals surface area contributed by atoms with Crippen LogP contribution in [0.15, 0.2) is 70.9 Å². The van der Waals surface area contributed by atoms with Crippen LogP contribution in [0.25, 0.3) is 0 Å². The van der Waals surface area contributed by atoms with Crippen LogP contribution in [0.3, 0.4) is 0 Å². The topological polar surface area (TPSA) is 104 Å². The third-order valence-electron chi connectivity index (χ3n) is 5.63. The SMILES string of the molecule is O=C(N[C@H](C(=O)N1CCN(C(=O)c2cccc(Cl)c2)CC1)S(=O)(=O)c1ccc(F)cc1)c1cccs1. The third-order valence-corrected chi connectivity index (χ3v) is 8.61. The maximum Gasteiger partial charge on any atom is 0.262 e. The number of nitrogens with zero attached hydrogens (tertiary/aromatic N) is 2. The molecule has 0 bridgehead atoms. The zero-order valence-corrected chi connectivity index (χ0v) is 21.2. The van der Waals surface area contributed by atoms with Crippen molar-refractivity contribution in [1.82, 2.24) is 15.1 Å². The molecule has 1 N–H and O–H groups in total. The predicted octanol–water partition coefficient (Wildman–Crippen LogP) is 3.06. The second kappa shape index (κ2) is 10.8. The molecule has 4 rings (SSSR count). The van der Waals surface area contributed by atoms with Crippen molar-refractivity contribution >= 4 is 50.5 Å². The van der Waals surface area contributed by atoms with Crippen LogP contribution < -0.4 is 5.32 Å². The fourth-order valence-electron chi connectivity index (χ4n) is 3.73. The van der Waals surface area contributed by atoms with Gasteiger partial charge in [0.05, 0.1) is 9.77 Å². The normalized spacial score (nSPS) is 14.8.